The summed E-state index contributed by atoms with van der Waals surface area (Å²) >= 11 is 0. The van der Waals surface area contributed by atoms with Crippen molar-refractivity contribution < 1.29 is 24.2 Å². The first kappa shape index (κ1) is 19.7. The maximum atomic E-state index is 13.1. The number of nitrogens with two attached hydrogens (primary N) is 1. The van der Waals surface area contributed by atoms with Crippen molar-refractivity contribution in [3.05, 3.63) is 29.8 Å². The number of nitrogens with one attached hydrogen (secondary N) is 1. The quantitative estimate of drug-likeness (QED) is 0.663. The number of primary amides is 1. The molecule has 4 N–H and O–H groups in total. The summed E-state index contributed by atoms with van der Waals surface area (Å²) in [5, 5.41) is 12.9. The number of amides is 2. The second kappa shape index (κ2) is 7.33. The Bertz CT molecular complexity index is 826. The summed E-state index contributed by atoms with van der Waals surface area (Å²) in [7, 11) is 1.62. The minimum Gasteiger partial charge on any atom is -0.497 e. The van der Waals surface area contributed by atoms with Crippen molar-refractivity contribution in [2.75, 3.05) is 26.7 Å². The summed E-state index contributed by atoms with van der Waals surface area (Å²) in [5.74, 6) is -1.68. The molecule has 4 rings (SSSR count). The fourth-order valence-electron chi connectivity index (χ4n) is 5.05. The first-order chi connectivity index (χ1) is 13.8. The van der Waals surface area contributed by atoms with Gasteiger partial charge in [-0.1, -0.05) is 12.1 Å². The molecule has 0 radical (unpaired) electrons. The van der Waals surface area contributed by atoms with Crippen LogP contribution in [0.3, 0.4) is 0 Å². The molecule has 1 saturated carbocycles. The second-order valence-corrected chi connectivity index (χ2v) is 8.57. The zero-order valence-corrected chi connectivity index (χ0v) is 16.5. The van der Waals surface area contributed by atoms with E-state index in [0.717, 1.165) is 17.7 Å². The topological polar surface area (TPSA) is 122 Å². The van der Waals surface area contributed by atoms with Gasteiger partial charge >= 0.3 is 5.97 Å². The second-order valence-electron chi connectivity index (χ2n) is 8.57. The average Bonchev–Trinajstić information content (AvgIpc) is 3.19. The summed E-state index contributed by atoms with van der Waals surface area (Å²) < 4.78 is 5.19. The minimum absolute atomic E-state index is 0.167. The van der Waals surface area contributed by atoms with Gasteiger partial charge in [0.1, 0.15) is 11.8 Å². The first-order valence-corrected chi connectivity index (χ1v) is 10.0. The van der Waals surface area contributed by atoms with E-state index >= 15 is 0 Å². The third-order valence-corrected chi connectivity index (χ3v) is 6.91. The van der Waals surface area contributed by atoms with Crippen LogP contribution in [0.15, 0.2) is 24.3 Å². The summed E-state index contributed by atoms with van der Waals surface area (Å²) in [6.07, 6.45) is 1.76. The Balaban J connectivity index is 1.42. The van der Waals surface area contributed by atoms with Gasteiger partial charge in [-0.05, 0) is 42.4 Å². The molecule has 1 aromatic carbocycles. The van der Waals surface area contributed by atoms with E-state index in [9.17, 15) is 19.5 Å². The van der Waals surface area contributed by atoms with Crippen LogP contribution in [0.25, 0.3) is 0 Å². The van der Waals surface area contributed by atoms with Gasteiger partial charge < -0.3 is 25.8 Å². The molecule has 29 heavy (non-hydrogen) atoms. The smallest absolute Gasteiger partial charge is 0.308 e. The Morgan fingerprint density at radius 1 is 1.24 bits per heavy atom. The third kappa shape index (κ3) is 3.57. The number of benzene rings is 1. The highest BCUT2D eigenvalue weighted by Gasteiger charge is 2.62. The number of nitrogens with zero attached hydrogens (tertiary/aromatic N) is 1. The van der Waals surface area contributed by atoms with Crippen molar-refractivity contribution in [3.63, 3.8) is 0 Å². The molecule has 2 amide bonds. The molecule has 5 atom stereocenters. The van der Waals surface area contributed by atoms with E-state index in [2.05, 4.69) is 5.32 Å². The number of carbonyl (C=O) groups is 3. The van der Waals surface area contributed by atoms with Crippen molar-refractivity contribution in [3.8, 4) is 5.75 Å². The predicted molar refractivity (Wildman–Crippen MR) is 104 cm³/mol. The monoisotopic (exact) mass is 401 g/mol. The highest BCUT2D eigenvalue weighted by atomic mass is 16.5. The normalized spacial score (nSPS) is 33.5. The van der Waals surface area contributed by atoms with E-state index in [0.29, 0.717) is 32.5 Å². The average molecular weight is 401 g/mol. The number of ether oxygens (including phenoxy) is 1. The minimum atomic E-state index is -1.00. The summed E-state index contributed by atoms with van der Waals surface area (Å²) in [4.78, 5) is 38.3. The van der Waals surface area contributed by atoms with Crippen LogP contribution >= 0.6 is 0 Å². The van der Waals surface area contributed by atoms with Crippen LogP contribution in [0.2, 0.25) is 0 Å². The Labute approximate surface area is 169 Å². The molecule has 1 aliphatic carbocycles. The Kier molecular flexibility index (Phi) is 4.98. The van der Waals surface area contributed by atoms with Crippen LogP contribution in [-0.4, -0.2) is 60.6 Å². The Morgan fingerprint density at radius 2 is 1.97 bits per heavy atom. The van der Waals surface area contributed by atoms with Gasteiger partial charge in [0.25, 0.3) is 0 Å². The molecule has 3 fully saturated rings. The lowest BCUT2D eigenvalue weighted by molar-refractivity contribution is -0.150. The van der Waals surface area contributed by atoms with Crippen molar-refractivity contribution in [1.29, 1.82) is 0 Å². The lowest BCUT2D eigenvalue weighted by Crippen LogP contribution is -2.57. The molecule has 3 aliphatic rings. The maximum Gasteiger partial charge on any atom is 0.308 e. The number of likely N-dealkylation sites (tertiary alicyclic amines) is 1. The standard InChI is InChI=1S/C21H27N3O5/c1-29-14-4-2-12(3-5-14)13-6-7-24(10-13)19(26)17-15(20(27)28)8-21(11-23-17)9-16(21)18(22)25/h2-5,13,15-17,23H,6-11H2,1H3,(H2,22,25)(H,27,28). The fraction of sp³-hybridized carbons (Fsp3) is 0.571. The summed E-state index contributed by atoms with van der Waals surface area (Å²) in [6, 6.07) is 7.08. The van der Waals surface area contributed by atoms with E-state index in [4.69, 9.17) is 10.5 Å². The van der Waals surface area contributed by atoms with E-state index in [1.807, 2.05) is 24.3 Å². The van der Waals surface area contributed by atoms with Gasteiger partial charge in [0.2, 0.25) is 11.8 Å². The highest BCUT2D eigenvalue weighted by Crippen LogP contribution is 2.58. The number of aliphatic carboxylic acids is 1. The number of hydrogen-bond acceptors (Lipinski definition) is 5. The number of carbonyl (C=O) groups excluding carboxylic acids is 2. The fourth-order valence-corrected chi connectivity index (χ4v) is 5.05. The van der Waals surface area contributed by atoms with Crippen LogP contribution in [0.1, 0.15) is 30.7 Å². The number of rotatable bonds is 5. The zero-order chi connectivity index (χ0) is 20.8. The molecule has 1 spiro atoms. The molecule has 8 nitrogen and oxygen atoms in total. The molecule has 2 heterocycles. The van der Waals surface area contributed by atoms with Gasteiger partial charge in [-0.3, -0.25) is 14.4 Å². The lowest BCUT2D eigenvalue weighted by Gasteiger charge is -2.36. The van der Waals surface area contributed by atoms with Crippen molar-refractivity contribution in [1.82, 2.24) is 10.2 Å². The number of carboxylic acid groups (broad SMARTS) is 1. The number of methoxy groups -OCH3 is 1. The third-order valence-electron chi connectivity index (χ3n) is 6.91. The summed E-state index contributed by atoms with van der Waals surface area (Å²) in [5.41, 5.74) is 6.16. The first-order valence-electron chi connectivity index (χ1n) is 10.0. The van der Waals surface area contributed by atoms with Gasteiger partial charge in [-0.25, -0.2) is 0 Å². The largest absolute Gasteiger partial charge is 0.497 e. The lowest BCUT2D eigenvalue weighted by atomic mass is 9.80. The van der Waals surface area contributed by atoms with Gasteiger partial charge in [0, 0.05) is 31.5 Å². The predicted octanol–water partition coefficient (Wildman–Crippen LogP) is 0.565. The van der Waals surface area contributed by atoms with E-state index < -0.39 is 23.3 Å². The van der Waals surface area contributed by atoms with Crippen molar-refractivity contribution in [2.45, 2.75) is 31.2 Å². The van der Waals surface area contributed by atoms with Crippen LogP contribution < -0.4 is 15.8 Å². The Hall–Kier alpha value is -2.61. The molecule has 2 aliphatic heterocycles. The van der Waals surface area contributed by atoms with E-state index in [-0.39, 0.29) is 23.7 Å². The number of hydrogen-bond donors (Lipinski definition) is 3. The van der Waals surface area contributed by atoms with Crippen LogP contribution in [-0.2, 0) is 14.4 Å². The van der Waals surface area contributed by atoms with Crippen LogP contribution in [0.5, 0.6) is 5.75 Å². The SMILES string of the molecule is COc1ccc(C2CCN(C(=O)C3NCC4(CC3C(=O)O)CC4C(N)=O)C2)cc1. The zero-order valence-electron chi connectivity index (χ0n) is 16.5. The van der Waals surface area contributed by atoms with Gasteiger partial charge in [-0.2, -0.15) is 0 Å². The van der Waals surface area contributed by atoms with E-state index in [1.165, 1.54) is 0 Å². The molecular formula is C21H27N3O5. The van der Waals surface area contributed by atoms with Crippen LogP contribution in [0, 0.1) is 17.3 Å². The highest BCUT2D eigenvalue weighted by molar-refractivity contribution is 5.89. The molecule has 0 bridgehead atoms. The van der Waals surface area contributed by atoms with E-state index in [1.54, 1.807) is 12.0 Å². The van der Waals surface area contributed by atoms with Gasteiger partial charge in [-0.15, -0.1) is 0 Å². The molecule has 8 heteroatoms. The molecule has 0 aromatic heterocycles. The molecule has 2 saturated heterocycles. The Morgan fingerprint density at radius 3 is 2.55 bits per heavy atom. The molecule has 5 unspecified atom stereocenters. The molecular weight excluding hydrogens is 374 g/mol. The number of carboxylic acids is 1. The molecule has 156 valence electrons. The van der Waals surface area contributed by atoms with Gasteiger partial charge in [0.05, 0.1) is 13.0 Å². The molecule has 1 aromatic rings. The van der Waals surface area contributed by atoms with Crippen molar-refractivity contribution >= 4 is 17.8 Å². The summed E-state index contributed by atoms with van der Waals surface area (Å²) in [6.45, 7) is 1.64. The number of piperidine rings is 1. The maximum absolute atomic E-state index is 13.1. The van der Waals surface area contributed by atoms with Gasteiger partial charge in [0.15, 0.2) is 0 Å². The van der Waals surface area contributed by atoms with Crippen molar-refractivity contribution in [2.24, 2.45) is 23.0 Å². The van der Waals surface area contributed by atoms with Crippen LogP contribution in [0.4, 0.5) is 0 Å².